The van der Waals surface area contributed by atoms with Gasteiger partial charge in [-0.25, -0.2) is 0 Å². The van der Waals surface area contributed by atoms with Gasteiger partial charge in [-0.15, -0.1) is 11.1 Å². The second-order valence-corrected chi connectivity index (χ2v) is 17.3. The molecule has 4 heteroatoms. The van der Waals surface area contributed by atoms with Gasteiger partial charge in [-0.1, -0.05) is 57.2 Å². The van der Waals surface area contributed by atoms with Gasteiger partial charge in [0.15, 0.2) is 0 Å². The Morgan fingerprint density at radius 3 is 1.38 bits per heavy atom. The highest BCUT2D eigenvalue weighted by atomic mass is 28.3. The molecule has 0 N–H and O–H groups in total. The molecule has 0 spiro atoms. The van der Waals surface area contributed by atoms with Crippen molar-refractivity contribution >= 4 is 16.1 Å². The summed E-state index contributed by atoms with van der Waals surface area (Å²) in [5.74, 6) is 6.53. The van der Waals surface area contributed by atoms with E-state index in [1.807, 2.05) is 12.1 Å². The summed E-state index contributed by atoms with van der Waals surface area (Å²) < 4.78 is 0. The fourth-order valence-corrected chi connectivity index (χ4v) is 2.92. The summed E-state index contributed by atoms with van der Waals surface area (Å²) >= 11 is 0. The van der Waals surface area contributed by atoms with Crippen LogP contribution in [0, 0.1) is 45.6 Å². The Labute approximate surface area is 148 Å². The molecule has 0 aliphatic carbocycles. The Balaban J connectivity index is 3.56. The molecule has 0 saturated heterocycles. The van der Waals surface area contributed by atoms with E-state index < -0.39 is 16.1 Å². The predicted molar refractivity (Wildman–Crippen MR) is 106 cm³/mol. The lowest BCUT2D eigenvalue weighted by molar-refractivity contribution is 1.18. The maximum Gasteiger partial charge on any atom is 0.129 e. The zero-order valence-electron chi connectivity index (χ0n) is 15.5. The zero-order valence-corrected chi connectivity index (χ0v) is 17.5. The van der Waals surface area contributed by atoms with Gasteiger partial charge in [0, 0.05) is 11.1 Å². The van der Waals surface area contributed by atoms with Gasteiger partial charge in [-0.3, -0.25) is 0 Å². The number of nitriles is 2. The van der Waals surface area contributed by atoms with E-state index in [9.17, 15) is 0 Å². The Morgan fingerprint density at radius 2 is 1.08 bits per heavy atom. The summed E-state index contributed by atoms with van der Waals surface area (Å²) in [7, 11) is -3.01. The first-order chi connectivity index (χ1) is 11.1. The van der Waals surface area contributed by atoms with Crippen molar-refractivity contribution in [3.8, 4) is 35.1 Å². The number of rotatable bonds is 2. The van der Waals surface area contributed by atoms with Crippen LogP contribution in [-0.4, -0.2) is 16.1 Å². The van der Waals surface area contributed by atoms with Gasteiger partial charge in [-0.05, 0) is 17.2 Å². The second kappa shape index (κ2) is 8.03. The Morgan fingerprint density at radius 1 is 0.708 bits per heavy atom. The molecule has 0 heterocycles. The van der Waals surface area contributed by atoms with Gasteiger partial charge >= 0.3 is 0 Å². The van der Waals surface area contributed by atoms with Crippen LogP contribution >= 0.6 is 0 Å². The highest BCUT2D eigenvalue weighted by Crippen LogP contribution is 2.18. The van der Waals surface area contributed by atoms with Crippen LogP contribution in [0.3, 0.4) is 0 Å². The van der Waals surface area contributed by atoms with Crippen molar-refractivity contribution < 1.29 is 0 Å². The molecule has 1 aromatic rings. The van der Waals surface area contributed by atoms with Crippen molar-refractivity contribution in [3.05, 3.63) is 34.4 Å². The quantitative estimate of drug-likeness (QED) is 0.591. The number of hydrogen-bond acceptors (Lipinski definition) is 2. The molecular weight excluding hydrogens is 324 g/mol. The average molecular weight is 349 g/mol. The van der Waals surface area contributed by atoms with E-state index in [0.29, 0.717) is 12.8 Å². The molecule has 0 unspecified atom stereocenters. The maximum absolute atomic E-state index is 9.10. The summed E-state index contributed by atoms with van der Waals surface area (Å²) in [6, 6.07) is 8.31. The molecule has 0 bridgehead atoms. The lowest BCUT2D eigenvalue weighted by atomic mass is 9.96. The van der Waals surface area contributed by atoms with Crippen molar-refractivity contribution in [2.75, 3.05) is 0 Å². The number of nitrogens with zero attached hydrogens (tertiary/aromatic N) is 2. The molecule has 24 heavy (non-hydrogen) atoms. The van der Waals surface area contributed by atoms with Crippen LogP contribution in [0.25, 0.3) is 0 Å². The Kier molecular flexibility index (Phi) is 6.63. The molecular formula is C20H24N2Si2. The third-order valence-corrected chi connectivity index (χ3v) is 4.76. The molecule has 0 aromatic heterocycles. The van der Waals surface area contributed by atoms with E-state index in [4.69, 9.17) is 10.5 Å². The number of hydrogen-bond donors (Lipinski definition) is 0. The lowest BCUT2D eigenvalue weighted by Gasteiger charge is -2.09. The Bertz CT molecular complexity index is 751. The number of benzene rings is 1. The summed E-state index contributed by atoms with van der Waals surface area (Å²) in [6.07, 6.45) is 0.603. The van der Waals surface area contributed by atoms with E-state index in [-0.39, 0.29) is 0 Å². The summed E-state index contributed by atoms with van der Waals surface area (Å²) in [5, 5.41) is 18.2. The normalized spacial score (nSPS) is 10.5. The molecule has 0 aliphatic heterocycles. The minimum absolute atomic E-state index is 0.301. The van der Waals surface area contributed by atoms with Crippen molar-refractivity contribution in [1.29, 1.82) is 10.5 Å². The molecule has 0 aliphatic rings. The molecule has 0 atom stereocenters. The lowest BCUT2D eigenvalue weighted by Crippen LogP contribution is -2.16. The first-order valence-corrected chi connectivity index (χ1v) is 15.0. The first-order valence-electron chi connectivity index (χ1n) is 8.02. The second-order valence-electron chi connectivity index (χ2n) is 7.84. The highest BCUT2D eigenvalue weighted by molar-refractivity contribution is 6.84. The van der Waals surface area contributed by atoms with Crippen LogP contribution in [0.5, 0.6) is 0 Å². The predicted octanol–water partition coefficient (Wildman–Crippen LogP) is 4.28. The third kappa shape index (κ3) is 6.89. The van der Waals surface area contributed by atoms with Crippen molar-refractivity contribution in [3.63, 3.8) is 0 Å². The molecule has 0 saturated carbocycles. The van der Waals surface area contributed by atoms with Crippen LogP contribution < -0.4 is 0 Å². The molecule has 122 valence electrons. The van der Waals surface area contributed by atoms with E-state index in [0.717, 1.165) is 22.3 Å². The van der Waals surface area contributed by atoms with Crippen LogP contribution in [-0.2, 0) is 12.8 Å². The standard InChI is InChI=1S/C20H24N2Si2/c1-23(2,3)13-9-19-16-20(10-14-24(4,5)6)18(8-12-22)15-17(19)7-11-21/h15-16H,7-8H2,1-6H3. The van der Waals surface area contributed by atoms with Gasteiger partial charge in [0.1, 0.15) is 16.1 Å². The van der Waals surface area contributed by atoms with Gasteiger partial charge < -0.3 is 0 Å². The topological polar surface area (TPSA) is 47.6 Å². The van der Waals surface area contributed by atoms with Crippen LogP contribution in [0.4, 0.5) is 0 Å². The smallest absolute Gasteiger partial charge is 0.129 e. The minimum Gasteiger partial charge on any atom is -0.198 e. The molecule has 0 radical (unpaired) electrons. The summed E-state index contributed by atoms with van der Waals surface area (Å²) in [5.41, 5.74) is 10.3. The van der Waals surface area contributed by atoms with E-state index in [1.54, 1.807) is 0 Å². The molecule has 1 aromatic carbocycles. The molecule has 0 amide bonds. The van der Waals surface area contributed by atoms with E-state index in [1.165, 1.54) is 0 Å². The maximum atomic E-state index is 9.10. The van der Waals surface area contributed by atoms with Crippen LogP contribution in [0.1, 0.15) is 22.3 Å². The van der Waals surface area contributed by atoms with E-state index >= 15 is 0 Å². The van der Waals surface area contributed by atoms with E-state index in [2.05, 4.69) is 74.3 Å². The minimum atomic E-state index is -1.51. The van der Waals surface area contributed by atoms with Gasteiger partial charge in [-0.2, -0.15) is 10.5 Å². The van der Waals surface area contributed by atoms with Crippen molar-refractivity contribution in [1.82, 2.24) is 0 Å². The van der Waals surface area contributed by atoms with Gasteiger partial charge in [0.25, 0.3) is 0 Å². The molecule has 0 fully saturated rings. The average Bonchev–Trinajstić information content (AvgIpc) is 2.44. The summed E-state index contributed by atoms with van der Waals surface area (Å²) in [4.78, 5) is 0. The van der Waals surface area contributed by atoms with Crippen LogP contribution in [0.15, 0.2) is 12.1 Å². The zero-order chi connectivity index (χ0) is 18.4. The Hall–Kier alpha value is -2.25. The molecule has 1 rings (SSSR count). The van der Waals surface area contributed by atoms with Gasteiger partial charge in [0.2, 0.25) is 0 Å². The fourth-order valence-electron chi connectivity index (χ4n) is 1.90. The SMILES string of the molecule is C[Si](C)(C)C#Cc1cc(C#C[Si](C)(C)C)c(CC#N)cc1CC#N. The monoisotopic (exact) mass is 348 g/mol. The van der Waals surface area contributed by atoms with Crippen molar-refractivity contribution in [2.24, 2.45) is 0 Å². The third-order valence-electron chi connectivity index (χ3n) is 3.01. The first kappa shape index (κ1) is 19.8. The fraction of sp³-hybridized carbons (Fsp3) is 0.400. The largest absolute Gasteiger partial charge is 0.198 e. The summed E-state index contributed by atoms with van der Waals surface area (Å²) in [6.45, 7) is 13.2. The molecule has 2 nitrogen and oxygen atoms in total. The highest BCUT2D eigenvalue weighted by Gasteiger charge is 2.12. The van der Waals surface area contributed by atoms with Gasteiger partial charge in [0.05, 0.1) is 25.0 Å². The van der Waals surface area contributed by atoms with Crippen LogP contribution in [0.2, 0.25) is 39.3 Å². The van der Waals surface area contributed by atoms with Crippen molar-refractivity contribution in [2.45, 2.75) is 52.1 Å².